The molecule has 11 heteroatoms. The first kappa shape index (κ1) is 27.3. The van der Waals surface area contributed by atoms with E-state index in [2.05, 4.69) is 37.0 Å². The summed E-state index contributed by atoms with van der Waals surface area (Å²) in [6.45, 7) is 6.82. The van der Waals surface area contributed by atoms with Crippen LogP contribution in [0.25, 0.3) is 11.0 Å². The van der Waals surface area contributed by atoms with E-state index in [1.54, 1.807) is 6.07 Å². The molecule has 0 atom stereocenters. The average Bonchev–Trinajstić information content (AvgIpc) is 3.32. The van der Waals surface area contributed by atoms with E-state index in [0.717, 1.165) is 64.1 Å². The van der Waals surface area contributed by atoms with Crippen molar-refractivity contribution in [3.63, 3.8) is 0 Å². The Morgan fingerprint density at radius 2 is 1.89 bits per heavy atom. The zero-order valence-electron chi connectivity index (χ0n) is 21.1. The molecule has 0 saturated carbocycles. The number of nitrogens with one attached hydrogen (secondary N) is 3. The monoisotopic (exact) mass is 590 g/mol. The molecule has 3 aromatic rings. The second-order valence-corrected chi connectivity index (χ2v) is 10.2. The summed E-state index contributed by atoms with van der Waals surface area (Å²) in [6, 6.07) is 5.69. The van der Waals surface area contributed by atoms with E-state index < -0.39 is 0 Å². The normalized spacial score (nSPS) is 14.1. The number of aryl methyl sites for hydroxylation is 2. The van der Waals surface area contributed by atoms with Gasteiger partial charge in [0, 0.05) is 54.6 Å². The first-order valence-electron chi connectivity index (χ1n) is 12.6. The Morgan fingerprint density at radius 1 is 1.16 bits per heavy atom. The number of anilines is 1. The second-order valence-electron chi connectivity index (χ2n) is 8.97. The van der Waals surface area contributed by atoms with Crippen molar-refractivity contribution in [3.8, 4) is 0 Å². The Hall–Kier alpha value is -2.69. The van der Waals surface area contributed by atoms with Crippen LogP contribution >= 0.6 is 27.5 Å². The van der Waals surface area contributed by atoms with Crippen LogP contribution in [-0.4, -0.2) is 45.8 Å². The van der Waals surface area contributed by atoms with Gasteiger partial charge in [0.2, 0.25) is 11.8 Å². The molecule has 0 radical (unpaired) electrons. The number of ether oxygens (including phenoxy) is 1. The molecule has 9 nitrogen and oxygen atoms in total. The molecule has 4 rings (SSSR count). The SMILES string of the molecule is CCc1nc2c(cnn2CC)c(NC2CCOCC2)c1CNC(=O)CC(=O)NCc1ccc(Cl)c(Br)c1. The summed E-state index contributed by atoms with van der Waals surface area (Å²) >= 11 is 9.39. The van der Waals surface area contributed by atoms with Crippen LogP contribution in [0, 0.1) is 0 Å². The van der Waals surface area contributed by atoms with Crippen LogP contribution in [0.2, 0.25) is 5.02 Å². The lowest BCUT2D eigenvalue weighted by Crippen LogP contribution is -2.32. The van der Waals surface area contributed by atoms with E-state index in [4.69, 9.17) is 21.3 Å². The predicted molar refractivity (Wildman–Crippen MR) is 148 cm³/mol. The van der Waals surface area contributed by atoms with Crippen molar-refractivity contribution >= 4 is 56.1 Å². The molecule has 1 aromatic carbocycles. The van der Waals surface area contributed by atoms with Crippen molar-refractivity contribution in [1.82, 2.24) is 25.4 Å². The van der Waals surface area contributed by atoms with Gasteiger partial charge in [0.05, 0.1) is 22.3 Å². The number of carbonyl (C=O) groups excluding carboxylic acids is 2. The van der Waals surface area contributed by atoms with Crippen LogP contribution in [0.3, 0.4) is 0 Å². The lowest BCUT2D eigenvalue weighted by atomic mass is 10.0. The fourth-order valence-electron chi connectivity index (χ4n) is 4.41. The lowest BCUT2D eigenvalue weighted by Gasteiger charge is -2.26. The Labute approximate surface area is 229 Å². The highest BCUT2D eigenvalue weighted by Crippen LogP contribution is 2.31. The van der Waals surface area contributed by atoms with Gasteiger partial charge in [-0.15, -0.1) is 0 Å². The zero-order valence-corrected chi connectivity index (χ0v) is 23.4. The summed E-state index contributed by atoms with van der Waals surface area (Å²) in [6.07, 6.45) is 4.09. The molecule has 2 amide bonds. The molecule has 1 aliphatic heterocycles. The van der Waals surface area contributed by atoms with Crippen LogP contribution in [0.1, 0.15) is 49.9 Å². The summed E-state index contributed by atoms with van der Waals surface area (Å²) < 4.78 is 8.16. The molecule has 0 spiro atoms. The topological polar surface area (TPSA) is 110 Å². The molecule has 1 aliphatic rings. The number of carbonyl (C=O) groups is 2. The minimum Gasteiger partial charge on any atom is -0.381 e. The van der Waals surface area contributed by atoms with Crippen molar-refractivity contribution in [2.75, 3.05) is 18.5 Å². The van der Waals surface area contributed by atoms with Crippen molar-refractivity contribution in [3.05, 3.63) is 50.7 Å². The number of amides is 2. The summed E-state index contributed by atoms with van der Waals surface area (Å²) in [4.78, 5) is 30.0. The van der Waals surface area contributed by atoms with Crippen LogP contribution in [0.15, 0.2) is 28.9 Å². The number of hydrogen-bond donors (Lipinski definition) is 3. The summed E-state index contributed by atoms with van der Waals surface area (Å²) in [5.41, 5.74) is 4.49. The molecule has 0 unspecified atom stereocenters. The van der Waals surface area contributed by atoms with E-state index in [-0.39, 0.29) is 30.8 Å². The highest BCUT2D eigenvalue weighted by Gasteiger charge is 2.22. The van der Waals surface area contributed by atoms with E-state index >= 15 is 0 Å². The molecule has 1 fully saturated rings. The molecule has 1 saturated heterocycles. The van der Waals surface area contributed by atoms with Gasteiger partial charge in [-0.2, -0.15) is 5.10 Å². The van der Waals surface area contributed by atoms with Gasteiger partial charge in [-0.05, 0) is 59.8 Å². The quantitative estimate of drug-likeness (QED) is 0.303. The Kier molecular flexibility index (Phi) is 9.39. The Balaban J connectivity index is 1.45. The van der Waals surface area contributed by atoms with Gasteiger partial charge in [0.25, 0.3) is 0 Å². The summed E-state index contributed by atoms with van der Waals surface area (Å²) in [5, 5.41) is 15.5. The first-order valence-corrected chi connectivity index (χ1v) is 13.8. The number of nitrogens with zero attached hydrogens (tertiary/aromatic N) is 3. The fourth-order valence-corrected chi connectivity index (χ4v) is 4.95. The van der Waals surface area contributed by atoms with Gasteiger partial charge in [-0.3, -0.25) is 9.59 Å². The maximum atomic E-state index is 12.7. The molecule has 198 valence electrons. The predicted octanol–water partition coefficient (Wildman–Crippen LogP) is 4.34. The zero-order chi connectivity index (χ0) is 26.4. The van der Waals surface area contributed by atoms with Gasteiger partial charge < -0.3 is 20.7 Å². The number of fused-ring (bicyclic) bond motifs is 1. The Morgan fingerprint density at radius 3 is 2.57 bits per heavy atom. The minimum atomic E-state index is -0.349. The molecule has 3 heterocycles. The highest BCUT2D eigenvalue weighted by molar-refractivity contribution is 9.10. The number of pyridine rings is 1. The van der Waals surface area contributed by atoms with Crippen molar-refractivity contribution in [2.24, 2.45) is 0 Å². The first-order chi connectivity index (χ1) is 17.9. The molecule has 0 aliphatic carbocycles. The van der Waals surface area contributed by atoms with Crippen molar-refractivity contribution in [2.45, 2.75) is 65.2 Å². The van der Waals surface area contributed by atoms with Gasteiger partial charge in [0.15, 0.2) is 5.65 Å². The summed E-state index contributed by atoms with van der Waals surface area (Å²) in [7, 11) is 0. The number of benzene rings is 1. The number of halogens is 2. The maximum Gasteiger partial charge on any atom is 0.229 e. The molecule has 37 heavy (non-hydrogen) atoms. The molecule has 0 bridgehead atoms. The van der Waals surface area contributed by atoms with Crippen molar-refractivity contribution in [1.29, 1.82) is 0 Å². The Bertz CT molecular complexity index is 1270. The smallest absolute Gasteiger partial charge is 0.229 e. The molecular formula is C26H32BrClN6O3. The molecule has 3 N–H and O–H groups in total. The number of rotatable bonds is 10. The van der Waals surface area contributed by atoms with E-state index in [9.17, 15) is 9.59 Å². The fraction of sp³-hybridized carbons (Fsp3) is 0.462. The van der Waals surface area contributed by atoms with Gasteiger partial charge in [0.1, 0.15) is 6.42 Å². The number of hydrogen-bond acceptors (Lipinski definition) is 6. The van der Waals surface area contributed by atoms with Gasteiger partial charge >= 0.3 is 0 Å². The third kappa shape index (κ3) is 6.80. The second kappa shape index (κ2) is 12.7. The maximum absolute atomic E-state index is 12.7. The highest BCUT2D eigenvalue weighted by atomic mass is 79.9. The lowest BCUT2D eigenvalue weighted by molar-refractivity contribution is -0.129. The van der Waals surface area contributed by atoms with E-state index in [1.807, 2.05) is 36.9 Å². The van der Waals surface area contributed by atoms with Crippen LogP contribution in [-0.2, 0) is 40.4 Å². The average molecular weight is 592 g/mol. The third-order valence-electron chi connectivity index (χ3n) is 6.43. The van der Waals surface area contributed by atoms with Gasteiger partial charge in [-0.1, -0.05) is 24.6 Å². The van der Waals surface area contributed by atoms with Gasteiger partial charge in [-0.25, -0.2) is 9.67 Å². The largest absolute Gasteiger partial charge is 0.381 e. The van der Waals surface area contributed by atoms with E-state index in [1.165, 1.54) is 0 Å². The van der Waals surface area contributed by atoms with Crippen molar-refractivity contribution < 1.29 is 14.3 Å². The standard InChI is InChI=1S/C26H32BrClN6O3/c1-3-22-18(14-30-24(36)12-23(35)29-13-16-5-6-21(28)20(27)11-16)25(32-17-7-9-37-10-8-17)19-15-31-34(4-2)26(19)33-22/h5-6,11,15,17H,3-4,7-10,12-14H2,1-2H3,(H,29,35)(H,30,36)(H,32,33). The third-order valence-corrected chi connectivity index (χ3v) is 7.65. The minimum absolute atomic E-state index is 0.262. The molecular weight excluding hydrogens is 560 g/mol. The number of aromatic nitrogens is 3. The summed E-state index contributed by atoms with van der Waals surface area (Å²) in [5.74, 6) is -0.698. The molecule has 2 aromatic heterocycles. The van der Waals surface area contributed by atoms with Crippen LogP contribution in [0.4, 0.5) is 5.69 Å². The van der Waals surface area contributed by atoms with Crippen LogP contribution < -0.4 is 16.0 Å². The van der Waals surface area contributed by atoms with E-state index in [0.29, 0.717) is 24.5 Å². The van der Waals surface area contributed by atoms with Crippen LogP contribution in [0.5, 0.6) is 0 Å².